The molecule has 0 spiro atoms. The molecule has 1 aromatic carbocycles. The minimum atomic E-state index is -0.102. The summed E-state index contributed by atoms with van der Waals surface area (Å²) in [6.07, 6.45) is 0. The summed E-state index contributed by atoms with van der Waals surface area (Å²) in [5.41, 5.74) is 1.28. The average Bonchev–Trinajstić information content (AvgIpc) is 2.08. The zero-order valence-corrected chi connectivity index (χ0v) is 8.03. The number of hydrogen-bond donors (Lipinski definition) is 1. The van der Waals surface area contributed by atoms with Gasteiger partial charge in [-0.1, -0.05) is 6.07 Å². The van der Waals surface area contributed by atoms with E-state index in [0.717, 1.165) is 5.56 Å². The first kappa shape index (κ1) is 9.58. The lowest BCUT2D eigenvalue weighted by atomic mass is 10.1. The maximum atomic E-state index is 11.4. The van der Waals surface area contributed by atoms with Crippen molar-refractivity contribution in [3.8, 4) is 5.75 Å². The highest BCUT2D eigenvalue weighted by atomic mass is 16.3. The van der Waals surface area contributed by atoms with Crippen LogP contribution in [0.25, 0.3) is 0 Å². The third-order valence-electron chi connectivity index (χ3n) is 1.86. The van der Waals surface area contributed by atoms with E-state index in [0.29, 0.717) is 5.56 Å². The molecule has 1 aromatic rings. The molecule has 0 atom stereocenters. The number of rotatable bonds is 1. The Labute approximate surface area is 77.6 Å². The molecule has 13 heavy (non-hydrogen) atoms. The van der Waals surface area contributed by atoms with Crippen molar-refractivity contribution >= 4 is 5.91 Å². The van der Waals surface area contributed by atoms with Gasteiger partial charge in [-0.2, -0.15) is 0 Å². The van der Waals surface area contributed by atoms with Crippen LogP contribution in [-0.4, -0.2) is 30.0 Å². The Morgan fingerprint density at radius 2 is 2.00 bits per heavy atom. The van der Waals surface area contributed by atoms with Crippen LogP contribution in [0.1, 0.15) is 15.9 Å². The number of amides is 1. The van der Waals surface area contributed by atoms with Crippen LogP contribution in [0.4, 0.5) is 0 Å². The van der Waals surface area contributed by atoms with Crippen LogP contribution in [0.5, 0.6) is 5.75 Å². The molecule has 1 N–H and O–H groups in total. The molecule has 3 heteroatoms. The van der Waals surface area contributed by atoms with Crippen LogP contribution in [0.2, 0.25) is 0 Å². The van der Waals surface area contributed by atoms with E-state index in [1.165, 1.54) is 11.0 Å². The van der Waals surface area contributed by atoms with Gasteiger partial charge in [-0.15, -0.1) is 0 Å². The van der Waals surface area contributed by atoms with Gasteiger partial charge in [0.15, 0.2) is 0 Å². The number of phenols is 1. The Bertz CT molecular complexity index is 332. The van der Waals surface area contributed by atoms with Gasteiger partial charge < -0.3 is 10.0 Å². The Morgan fingerprint density at radius 1 is 1.38 bits per heavy atom. The Balaban J connectivity index is 3.04. The summed E-state index contributed by atoms with van der Waals surface area (Å²) in [7, 11) is 3.36. The van der Waals surface area contributed by atoms with Gasteiger partial charge in [0.2, 0.25) is 0 Å². The molecule has 1 rings (SSSR count). The Hall–Kier alpha value is -1.51. The molecule has 3 nitrogen and oxygen atoms in total. The SMILES string of the molecule is Cc1ccc(C(=O)N(C)C)cc1O. The molecule has 0 bridgehead atoms. The summed E-state index contributed by atoms with van der Waals surface area (Å²) in [6.45, 7) is 1.79. The largest absolute Gasteiger partial charge is 0.508 e. The predicted molar refractivity (Wildman–Crippen MR) is 50.9 cm³/mol. The maximum absolute atomic E-state index is 11.4. The van der Waals surface area contributed by atoms with E-state index in [1.54, 1.807) is 33.2 Å². The van der Waals surface area contributed by atoms with Gasteiger partial charge in [0.25, 0.3) is 5.91 Å². The fourth-order valence-electron chi connectivity index (χ4n) is 1.00. The number of benzene rings is 1. The van der Waals surface area contributed by atoms with Crippen molar-refractivity contribution < 1.29 is 9.90 Å². The summed E-state index contributed by atoms with van der Waals surface area (Å²) in [6, 6.07) is 4.92. The second kappa shape index (κ2) is 3.47. The van der Waals surface area contributed by atoms with E-state index in [4.69, 9.17) is 0 Å². The van der Waals surface area contributed by atoms with Gasteiger partial charge in [-0.25, -0.2) is 0 Å². The number of aromatic hydroxyl groups is 1. The third kappa shape index (κ3) is 1.99. The fourth-order valence-corrected chi connectivity index (χ4v) is 1.00. The standard InChI is InChI=1S/C10H13NO2/c1-7-4-5-8(6-9(7)12)10(13)11(2)3/h4-6,12H,1-3H3. The zero-order chi connectivity index (χ0) is 10.0. The van der Waals surface area contributed by atoms with E-state index in [2.05, 4.69) is 0 Å². The van der Waals surface area contributed by atoms with Gasteiger partial charge in [-0.3, -0.25) is 4.79 Å². The van der Waals surface area contributed by atoms with Gasteiger partial charge in [-0.05, 0) is 24.6 Å². The molecule has 0 aliphatic heterocycles. The minimum absolute atomic E-state index is 0.102. The molecule has 0 saturated carbocycles. The lowest BCUT2D eigenvalue weighted by Crippen LogP contribution is -2.21. The second-order valence-corrected chi connectivity index (χ2v) is 3.20. The molecule has 0 unspecified atom stereocenters. The second-order valence-electron chi connectivity index (χ2n) is 3.20. The van der Waals surface area contributed by atoms with Crippen molar-refractivity contribution in [1.82, 2.24) is 4.90 Å². The molecule has 70 valence electrons. The first-order valence-corrected chi connectivity index (χ1v) is 4.03. The topological polar surface area (TPSA) is 40.5 Å². The fraction of sp³-hybridized carbons (Fsp3) is 0.300. The highest BCUT2D eigenvalue weighted by molar-refractivity contribution is 5.94. The van der Waals surface area contributed by atoms with Crippen LogP contribution in [0.3, 0.4) is 0 Å². The quantitative estimate of drug-likeness (QED) is 0.708. The van der Waals surface area contributed by atoms with Crippen LogP contribution in [0.15, 0.2) is 18.2 Å². The molecule has 1 amide bonds. The van der Waals surface area contributed by atoms with Gasteiger partial charge in [0.1, 0.15) is 5.75 Å². The normalized spacial score (nSPS) is 9.77. The van der Waals surface area contributed by atoms with Crippen molar-refractivity contribution in [1.29, 1.82) is 0 Å². The van der Waals surface area contributed by atoms with Crippen LogP contribution < -0.4 is 0 Å². The Morgan fingerprint density at radius 3 is 2.46 bits per heavy atom. The maximum Gasteiger partial charge on any atom is 0.253 e. The molecular weight excluding hydrogens is 166 g/mol. The van der Waals surface area contributed by atoms with E-state index in [1.807, 2.05) is 0 Å². The van der Waals surface area contributed by atoms with Crippen molar-refractivity contribution in [2.45, 2.75) is 6.92 Å². The summed E-state index contributed by atoms with van der Waals surface area (Å²) in [5.74, 6) is 0.0583. The highest BCUT2D eigenvalue weighted by Gasteiger charge is 2.08. The molecule has 0 fully saturated rings. The summed E-state index contributed by atoms with van der Waals surface area (Å²) >= 11 is 0. The number of aryl methyl sites for hydroxylation is 1. The molecule has 0 aromatic heterocycles. The van der Waals surface area contributed by atoms with Crippen LogP contribution in [-0.2, 0) is 0 Å². The third-order valence-corrected chi connectivity index (χ3v) is 1.86. The number of carbonyl (C=O) groups excluding carboxylic acids is 1. The molecule has 0 heterocycles. The van der Waals surface area contributed by atoms with Crippen LogP contribution >= 0.6 is 0 Å². The monoisotopic (exact) mass is 179 g/mol. The van der Waals surface area contributed by atoms with Gasteiger partial charge >= 0.3 is 0 Å². The van der Waals surface area contributed by atoms with Crippen molar-refractivity contribution in [3.63, 3.8) is 0 Å². The molecule has 0 aliphatic rings. The first-order chi connectivity index (χ1) is 6.02. The van der Waals surface area contributed by atoms with Crippen molar-refractivity contribution in [3.05, 3.63) is 29.3 Å². The minimum Gasteiger partial charge on any atom is -0.508 e. The lowest BCUT2D eigenvalue weighted by Gasteiger charge is -2.10. The number of carbonyl (C=O) groups is 1. The first-order valence-electron chi connectivity index (χ1n) is 4.03. The van der Waals surface area contributed by atoms with E-state index >= 15 is 0 Å². The summed E-state index contributed by atoms with van der Waals surface area (Å²) < 4.78 is 0. The number of nitrogens with zero attached hydrogens (tertiary/aromatic N) is 1. The smallest absolute Gasteiger partial charge is 0.253 e. The predicted octanol–water partition coefficient (Wildman–Crippen LogP) is 1.40. The molecule has 0 radical (unpaired) electrons. The average molecular weight is 179 g/mol. The van der Waals surface area contributed by atoms with E-state index < -0.39 is 0 Å². The van der Waals surface area contributed by atoms with Crippen LogP contribution in [0, 0.1) is 6.92 Å². The van der Waals surface area contributed by atoms with Gasteiger partial charge in [0.05, 0.1) is 0 Å². The van der Waals surface area contributed by atoms with E-state index in [9.17, 15) is 9.90 Å². The Kier molecular flexibility index (Phi) is 2.56. The summed E-state index contributed by atoms with van der Waals surface area (Å²) in [5, 5.41) is 9.36. The van der Waals surface area contributed by atoms with E-state index in [-0.39, 0.29) is 11.7 Å². The van der Waals surface area contributed by atoms with Crippen molar-refractivity contribution in [2.75, 3.05) is 14.1 Å². The zero-order valence-electron chi connectivity index (χ0n) is 8.03. The molecule has 0 saturated heterocycles. The molecular formula is C10H13NO2. The summed E-state index contributed by atoms with van der Waals surface area (Å²) in [4.78, 5) is 12.9. The lowest BCUT2D eigenvalue weighted by molar-refractivity contribution is 0.0827. The van der Waals surface area contributed by atoms with Crippen molar-refractivity contribution in [2.24, 2.45) is 0 Å². The highest BCUT2D eigenvalue weighted by Crippen LogP contribution is 2.17. The van der Waals surface area contributed by atoms with Gasteiger partial charge in [0, 0.05) is 19.7 Å². The number of phenolic OH excluding ortho intramolecular Hbond substituents is 1. The number of hydrogen-bond acceptors (Lipinski definition) is 2. The molecule has 0 aliphatic carbocycles.